The van der Waals surface area contributed by atoms with Crippen molar-refractivity contribution in [3.8, 4) is 5.75 Å². The van der Waals surface area contributed by atoms with E-state index < -0.39 is 5.97 Å². The number of hydrogen-bond donors (Lipinski definition) is 1. The Labute approximate surface area is 121 Å². The molecule has 6 heteroatoms. The van der Waals surface area contributed by atoms with E-state index in [2.05, 4.69) is 23.4 Å². The van der Waals surface area contributed by atoms with Crippen molar-refractivity contribution in [1.29, 1.82) is 0 Å². The minimum Gasteiger partial charge on any atom is -0.494 e. The lowest BCUT2D eigenvalue weighted by molar-refractivity contribution is -0.133. The predicted molar refractivity (Wildman–Crippen MR) is 79.6 cm³/mol. The molecule has 0 aliphatic rings. The van der Waals surface area contributed by atoms with Crippen LogP contribution in [-0.4, -0.2) is 33.5 Å². The van der Waals surface area contributed by atoms with Crippen LogP contribution >= 0.6 is 11.8 Å². The summed E-state index contributed by atoms with van der Waals surface area (Å²) in [6.07, 6.45) is 0.948. The Balaban J connectivity index is 2.56. The first-order chi connectivity index (χ1) is 9.58. The molecule has 108 valence electrons. The third-order valence-corrected chi connectivity index (χ3v) is 4.16. The average molecular weight is 294 g/mol. The van der Waals surface area contributed by atoms with Gasteiger partial charge in [-0.3, -0.25) is 4.79 Å². The van der Waals surface area contributed by atoms with Gasteiger partial charge in [0.2, 0.25) is 0 Å². The fraction of sp³-hybridized carbons (Fsp3) is 0.429. The van der Waals surface area contributed by atoms with Gasteiger partial charge >= 0.3 is 5.97 Å². The summed E-state index contributed by atoms with van der Waals surface area (Å²) in [5, 5.41) is 9.58. The number of benzene rings is 1. The number of imidazole rings is 1. The van der Waals surface area contributed by atoms with Crippen LogP contribution in [0.1, 0.15) is 26.3 Å². The topological polar surface area (TPSA) is 64.4 Å². The minimum atomic E-state index is -0.843. The molecule has 0 radical (unpaired) electrons. The van der Waals surface area contributed by atoms with Crippen LogP contribution in [0.5, 0.6) is 5.75 Å². The van der Waals surface area contributed by atoms with Gasteiger partial charge in [-0.05, 0) is 25.5 Å². The van der Waals surface area contributed by atoms with E-state index in [9.17, 15) is 4.79 Å². The summed E-state index contributed by atoms with van der Waals surface area (Å²) >= 11 is 1.24. The van der Waals surface area contributed by atoms with Gasteiger partial charge in [-0.25, -0.2) is 4.98 Å². The predicted octanol–water partition coefficient (Wildman–Crippen LogP) is 3.19. The molecule has 20 heavy (non-hydrogen) atoms. The Hall–Kier alpha value is -1.69. The number of aliphatic carboxylic acids is 1. The molecule has 0 spiro atoms. The van der Waals surface area contributed by atoms with E-state index in [0.29, 0.717) is 5.75 Å². The Morgan fingerprint density at radius 1 is 1.55 bits per heavy atom. The van der Waals surface area contributed by atoms with Crippen molar-refractivity contribution in [2.45, 2.75) is 31.5 Å². The van der Waals surface area contributed by atoms with E-state index in [1.54, 1.807) is 7.11 Å². The fourth-order valence-corrected chi connectivity index (χ4v) is 2.90. The number of hydrogen-bond acceptors (Lipinski definition) is 4. The molecule has 0 aliphatic heterocycles. The summed E-state index contributed by atoms with van der Waals surface area (Å²) in [7, 11) is 1.61. The molecule has 0 bridgehead atoms. The van der Waals surface area contributed by atoms with E-state index in [1.165, 1.54) is 11.8 Å². The molecule has 1 unspecified atom stereocenters. The first kappa shape index (κ1) is 14.7. The summed E-state index contributed by atoms with van der Waals surface area (Å²) < 4.78 is 7.42. The van der Waals surface area contributed by atoms with Gasteiger partial charge in [-0.2, -0.15) is 0 Å². The highest BCUT2D eigenvalue weighted by Crippen LogP contribution is 2.33. The van der Waals surface area contributed by atoms with Gasteiger partial charge in [0.15, 0.2) is 5.16 Å². The summed E-state index contributed by atoms with van der Waals surface area (Å²) in [5.41, 5.74) is 1.76. The summed E-state index contributed by atoms with van der Waals surface area (Å²) in [6.45, 7) is 4.20. The van der Waals surface area contributed by atoms with Crippen LogP contribution in [0.2, 0.25) is 0 Å². The van der Waals surface area contributed by atoms with Crippen molar-refractivity contribution < 1.29 is 14.6 Å². The zero-order valence-corrected chi connectivity index (χ0v) is 12.6. The van der Waals surface area contributed by atoms with E-state index in [0.717, 1.165) is 22.6 Å². The lowest BCUT2D eigenvalue weighted by Gasteiger charge is -2.15. The fourth-order valence-electron chi connectivity index (χ4n) is 2.07. The number of carboxylic acid groups (broad SMARTS) is 1. The van der Waals surface area contributed by atoms with Crippen molar-refractivity contribution in [3.63, 3.8) is 0 Å². The zero-order chi connectivity index (χ0) is 14.7. The second-order valence-corrected chi connectivity index (χ2v) is 5.47. The molecule has 0 fully saturated rings. The Kier molecular flexibility index (Phi) is 4.54. The van der Waals surface area contributed by atoms with Crippen LogP contribution in [-0.2, 0) is 4.79 Å². The molecule has 0 saturated heterocycles. The smallest absolute Gasteiger partial charge is 0.313 e. The van der Waals surface area contributed by atoms with Crippen molar-refractivity contribution >= 4 is 28.8 Å². The maximum absolute atomic E-state index is 10.8. The molecule has 1 aromatic carbocycles. The van der Waals surface area contributed by atoms with Crippen LogP contribution in [0.3, 0.4) is 0 Å². The zero-order valence-electron chi connectivity index (χ0n) is 11.8. The summed E-state index contributed by atoms with van der Waals surface area (Å²) in [6, 6.07) is 6.03. The normalized spacial score (nSPS) is 12.6. The van der Waals surface area contributed by atoms with Crippen LogP contribution in [0.15, 0.2) is 23.4 Å². The molecule has 2 aromatic rings. The maximum Gasteiger partial charge on any atom is 0.313 e. The van der Waals surface area contributed by atoms with E-state index in [1.807, 2.05) is 18.2 Å². The van der Waals surface area contributed by atoms with Gasteiger partial charge in [0.1, 0.15) is 11.3 Å². The van der Waals surface area contributed by atoms with Crippen molar-refractivity contribution in [2.75, 3.05) is 12.9 Å². The number of rotatable bonds is 6. The molecule has 1 atom stereocenters. The molecule has 0 saturated carbocycles. The van der Waals surface area contributed by atoms with E-state index in [4.69, 9.17) is 9.84 Å². The lowest BCUT2D eigenvalue weighted by atomic mass is 10.2. The lowest BCUT2D eigenvalue weighted by Crippen LogP contribution is -2.07. The first-order valence-corrected chi connectivity index (χ1v) is 7.46. The number of ether oxygens (including phenoxy) is 1. The second-order valence-electron chi connectivity index (χ2n) is 4.53. The van der Waals surface area contributed by atoms with Gasteiger partial charge in [0, 0.05) is 6.04 Å². The van der Waals surface area contributed by atoms with Crippen molar-refractivity contribution in [1.82, 2.24) is 9.55 Å². The van der Waals surface area contributed by atoms with E-state index >= 15 is 0 Å². The summed E-state index contributed by atoms with van der Waals surface area (Å²) in [5.74, 6) is -0.131. The Morgan fingerprint density at radius 3 is 2.90 bits per heavy atom. The molecule has 1 heterocycles. The van der Waals surface area contributed by atoms with Gasteiger partial charge in [-0.1, -0.05) is 24.8 Å². The Bertz CT molecular complexity index is 624. The molecule has 0 aliphatic carbocycles. The van der Waals surface area contributed by atoms with Crippen LogP contribution in [0, 0.1) is 0 Å². The van der Waals surface area contributed by atoms with E-state index in [-0.39, 0.29) is 11.8 Å². The number of aromatic nitrogens is 2. The Morgan fingerprint density at radius 2 is 2.30 bits per heavy atom. The quantitative estimate of drug-likeness (QED) is 0.829. The third kappa shape index (κ3) is 2.75. The molecular formula is C14H18N2O3S. The highest BCUT2D eigenvalue weighted by molar-refractivity contribution is 7.99. The number of nitrogens with zero attached hydrogens (tertiary/aromatic N) is 2. The van der Waals surface area contributed by atoms with Gasteiger partial charge in [-0.15, -0.1) is 0 Å². The molecule has 1 N–H and O–H groups in total. The van der Waals surface area contributed by atoms with Crippen LogP contribution in [0.4, 0.5) is 0 Å². The second kappa shape index (κ2) is 6.17. The van der Waals surface area contributed by atoms with Crippen LogP contribution < -0.4 is 4.74 Å². The standard InChI is InChI=1S/C14H18N2O3S/c1-4-9(2)16-10-6-5-7-11(19-3)13(10)15-14(16)20-8-12(17)18/h5-7,9H,4,8H2,1-3H3,(H,17,18). The molecular weight excluding hydrogens is 276 g/mol. The largest absolute Gasteiger partial charge is 0.494 e. The van der Waals surface area contributed by atoms with Crippen LogP contribution in [0.25, 0.3) is 11.0 Å². The number of carboxylic acids is 1. The van der Waals surface area contributed by atoms with Gasteiger partial charge < -0.3 is 14.4 Å². The summed E-state index contributed by atoms with van der Waals surface area (Å²) in [4.78, 5) is 15.3. The molecule has 0 amide bonds. The number of methoxy groups -OCH3 is 1. The highest BCUT2D eigenvalue weighted by atomic mass is 32.2. The van der Waals surface area contributed by atoms with Crippen molar-refractivity contribution in [2.24, 2.45) is 0 Å². The highest BCUT2D eigenvalue weighted by Gasteiger charge is 2.18. The molecule has 1 aromatic heterocycles. The monoisotopic (exact) mass is 294 g/mol. The minimum absolute atomic E-state index is 0.00206. The molecule has 5 nitrogen and oxygen atoms in total. The first-order valence-electron chi connectivity index (χ1n) is 6.48. The number of para-hydroxylation sites is 1. The van der Waals surface area contributed by atoms with Gasteiger partial charge in [0.05, 0.1) is 18.4 Å². The average Bonchev–Trinajstić information content (AvgIpc) is 2.82. The number of carbonyl (C=O) groups is 1. The SMILES string of the molecule is CCC(C)n1c(SCC(=O)O)nc2c(OC)cccc21. The molecule has 2 rings (SSSR count). The van der Waals surface area contributed by atoms with Crippen molar-refractivity contribution in [3.05, 3.63) is 18.2 Å². The number of fused-ring (bicyclic) bond motifs is 1. The third-order valence-electron chi connectivity index (χ3n) is 3.23. The maximum atomic E-state index is 10.8. The van der Waals surface area contributed by atoms with Gasteiger partial charge in [0.25, 0.3) is 0 Å². The number of thioether (sulfide) groups is 1.